The van der Waals surface area contributed by atoms with Crippen LogP contribution in [0.15, 0.2) is 30.5 Å². The van der Waals surface area contributed by atoms with Crippen molar-refractivity contribution in [2.45, 2.75) is 33.7 Å². The summed E-state index contributed by atoms with van der Waals surface area (Å²) in [5, 5.41) is 5.08. The highest BCUT2D eigenvalue weighted by atomic mass is 19.2. The van der Waals surface area contributed by atoms with Crippen LogP contribution in [0.1, 0.15) is 42.9 Å². The third-order valence-electron chi connectivity index (χ3n) is 4.26. The van der Waals surface area contributed by atoms with Gasteiger partial charge in [-0.3, -0.25) is 4.79 Å². The highest BCUT2D eigenvalue weighted by molar-refractivity contribution is 6.08. The first-order valence-corrected chi connectivity index (χ1v) is 8.45. The van der Waals surface area contributed by atoms with Crippen LogP contribution in [-0.4, -0.2) is 27.2 Å². The first kappa shape index (κ1) is 18.0. The van der Waals surface area contributed by atoms with Gasteiger partial charge >= 0.3 is 0 Å². The third kappa shape index (κ3) is 3.05. The number of benzene rings is 1. The van der Waals surface area contributed by atoms with Crippen LogP contribution in [0.2, 0.25) is 0 Å². The molecule has 0 saturated heterocycles. The fourth-order valence-electron chi connectivity index (χ4n) is 2.90. The smallest absolute Gasteiger partial charge is 0.260 e. The fourth-order valence-corrected chi connectivity index (χ4v) is 2.90. The number of amides is 1. The van der Waals surface area contributed by atoms with E-state index in [1.54, 1.807) is 30.8 Å². The quantitative estimate of drug-likeness (QED) is 0.700. The van der Waals surface area contributed by atoms with Gasteiger partial charge in [0.05, 0.1) is 17.5 Å². The van der Waals surface area contributed by atoms with E-state index >= 15 is 0 Å². The van der Waals surface area contributed by atoms with E-state index in [0.29, 0.717) is 29.1 Å². The van der Waals surface area contributed by atoms with Gasteiger partial charge in [-0.05, 0) is 45.9 Å². The van der Waals surface area contributed by atoms with Crippen LogP contribution in [0.25, 0.3) is 11.0 Å². The van der Waals surface area contributed by atoms with Crippen molar-refractivity contribution in [1.29, 1.82) is 0 Å². The Labute approximate surface area is 150 Å². The Morgan fingerprint density at radius 1 is 1.23 bits per heavy atom. The molecule has 0 saturated carbocycles. The maximum atomic E-state index is 13.6. The van der Waals surface area contributed by atoms with Crippen molar-refractivity contribution in [3.8, 4) is 0 Å². The van der Waals surface area contributed by atoms with E-state index in [1.807, 2.05) is 13.8 Å². The molecule has 0 bridgehead atoms. The second-order valence-corrected chi connectivity index (χ2v) is 6.36. The number of aromatic nitrogens is 3. The average molecular weight is 358 g/mol. The van der Waals surface area contributed by atoms with Crippen LogP contribution < -0.4 is 4.90 Å². The molecule has 26 heavy (non-hydrogen) atoms. The SMILES string of the molecule is CCN(C(=O)c1cc2cnn(C(C)C)c2nc1C)c1ccc(F)c(F)c1. The maximum absolute atomic E-state index is 13.6. The predicted molar refractivity (Wildman–Crippen MR) is 96.4 cm³/mol. The van der Waals surface area contributed by atoms with Crippen LogP contribution in [0.3, 0.4) is 0 Å². The average Bonchev–Trinajstić information content (AvgIpc) is 3.00. The summed E-state index contributed by atoms with van der Waals surface area (Å²) in [6, 6.07) is 5.32. The molecule has 0 unspecified atom stereocenters. The maximum Gasteiger partial charge on any atom is 0.260 e. The summed E-state index contributed by atoms with van der Waals surface area (Å²) in [6.45, 7) is 7.85. The molecular formula is C19H20F2N4O. The van der Waals surface area contributed by atoms with Crippen LogP contribution in [-0.2, 0) is 0 Å². The van der Waals surface area contributed by atoms with E-state index in [0.717, 1.165) is 17.5 Å². The highest BCUT2D eigenvalue weighted by Crippen LogP contribution is 2.24. The number of halogens is 2. The topological polar surface area (TPSA) is 51.0 Å². The van der Waals surface area contributed by atoms with Crippen molar-refractivity contribution in [1.82, 2.24) is 14.8 Å². The number of hydrogen-bond acceptors (Lipinski definition) is 3. The zero-order valence-corrected chi connectivity index (χ0v) is 15.1. The summed E-state index contributed by atoms with van der Waals surface area (Å²) in [5.41, 5.74) is 1.98. The Hall–Kier alpha value is -2.83. The molecule has 0 aliphatic rings. The molecule has 0 radical (unpaired) electrons. The zero-order valence-electron chi connectivity index (χ0n) is 15.1. The Bertz CT molecular complexity index is 981. The van der Waals surface area contributed by atoms with Gasteiger partial charge < -0.3 is 4.90 Å². The lowest BCUT2D eigenvalue weighted by Crippen LogP contribution is -2.31. The molecule has 1 aromatic carbocycles. The molecular weight excluding hydrogens is 338 g/mol. The van der Waals surface area contributed by atoms with Gasteiger partial charge in [-0.1, -0.05) is 0 Å². The molecule has 0 N–H and O–H groups in total. The minimum absolute atomic E-state index is 0.148. The molecule has 7 heteroatoms. The van der Waals surface area contributed by atoms with Gasteiger partial charge in [0, 0.05) is 29.7 Å². The van der Waals surface area contributed by atoms with Gasteiger partial charge in [0.15, 0.2) is 17.3 Å². The third-order valence-corrected chi connectivity index (χ3v) is 4.26. The molecule has 0 aliphatic carbocycles. The van der Waals surface area contributed by atoms with Crippen molar-refractivity contribution >= 4 is 22.6 Å². The van der Waals surface area contributed by atoms with Gasteiger partial charge in [0.1, 0.15) is 0 Å². The first-order valence-electron chi connectivity index (χ1n) is 8.45. The van der Waals surface area contributed by atoms with Gasteiger partial charge in [0.25, 0.3) is 5.91 Å². The number of pyridine rings is 1. The van der Waals surface area contributed by atoms with E-state index in [1.165, 1.54) is 11.0 Å². The van der Waals surface area contributed by atoms with Crippen molar-refractivity contribution in [3.63, 3.8) is 0 Å². The molecule has 5 nitrogen and oxygen atoms in total. The molecule has 3 aromatic rings. The molecule has 2 aromatic heterocycles. The number of aryl methyl sites for hydroxylation is 1. The summed E-state index contributed by atoms with van der Waals surface area (Å²) in [7, 11) is 0. The lowest BCUT2D eigenvalue weighted by molar-refractivity contribution is 0.0987. The monoisotopic (exact) mass is 358 g/mol. The molecule has 1 amide bonds. The van der Waals surface area contributed by atoms with Crippen LogP contribution >= 0.6 is 0 Å². The molecule has 0 spiro atoms. The standard InChI is InChI=1S/C19H20F2N4O/c1-5-24(14-6-7-16(20)17(21)9-14)19(26)15-8-13-10-22-25(11(2)3)18(13)23-12(15)4/h6-11H,5H2,1-4H3. The number of hydrogen-bond donors (Lipinski definition) is 0. The fraction of sp³-hybridized carbons (Fsp3) is 0.316. The summed E-state index contributed by atoms with van der Waals surface area (Å²) < 4.78 is 28.6. The largest absolute Gasteiger partial charge is 0.308 e. The molecule has 2 heterocycles. The number of nitrogens with zero attached hydrogens (tertiary/aromatic N) is 4. The van der Waals surface area contributed by atoms with Crippen molar-refractivity contribution in [3.05, 3.63) is 53.4 Å². The lowest BCUT2D eigenvalue weighted by atomic mass is 10.1. The van der Waals surface area contributed by atoms with Crippen LogP contribution in [0.4, 0.5) is 14.5 Å². The normalized spacial score (nSPS) is 11.3. The molecule has 136 valence electrons. The minimum Gasteiger partial charge on any atom is -0.308 e. The summed E-state index contributed by atoms with van der Waals surface area (Å²) >= 11 is 0. The van der Waals surface area contributed by atoms with Gasteiger partial charge in [-0.2, -0.15) is 5.10 Å². The Kier molecular flexibility index (Phi) is 4.71. The van der Waals surface area contributed by atoms with Crippen molar-refractivity contribution < 1.29 is 13.6 Å². The van der Waals surface area contributed by atoms with Gasteiger partial charge in [-0.25, -0.2) is 18.4 Å². The molecule has 0 fully saturated rings. The Morgan fingerprint density at radius 3 is 2.58 bits per heavy atom. The van der Waals surface area contributed by atoms with Crippen molar-refractivity contribution in [2.24, 2.45) is 0 Å². The highest BCUT2D eigenvalue weighted by Gasteiger charge is 2.21. The van der Waals surface area contributed by atoms with E-state index in [9.17, 15) is 13.6 Å². The van der Waals surface area contributed by atoms with E-state index < -0.39 is 11.6 Å². The number of rotatable bonds is 4. The molecule has 0 atom stereocenters. The number of carbonyl (C=O) groups is 1. The van der Waals surface area contributed by atoms with Gasteiger partial charge in [0.2, 0.25) is 0 Å². The van der Waals surface area contributed by atoms with Crippen LogP contribution in [0.5, 0.6) is 0 Å². The number of carbonyl (C=O) groups excluding carboxylic acids is 1. The second-order valence-electron chi connectivity index (χ2n) is 6.36. The Morgan fingerprint density at radius 2 is 1.96 bits per heavy atom. The van der Waals surface area contributed by atoms with E-state index in [2.05, 4.69) is 10.1 Å². The lowest BCUT2D eigenvalue weighted by Gasteiger charge is -2.22. The van der Waals surface area contributed by atoms with E-state index in [4.69, 9.17) is 0 Å². The van der Waals surface area contributed by atoms with Gasteiger partial charge in [-0.15, -0.1) is 0 Å². The van der Waals surface area contributed by atoms with Crippen LogP contribution in [0, 0.1) is 18.6 Å². The number of anilines is 1. The summed E-state index contributed by atoms with van der Waals surface area (Å²) in [6.07, 6.45) is 1.67. The second kappa shape index (κ2) is 6.82. The molecule has 0 aliphatic heterocycles. The summed E-state index contributed by atoms with van der Waals surface area (Å²) in [4.78, 5) is 19.0. The number of fused-ring (bicyclic) bond motifs is 1. The minimum atomic E-state index is -0.989. The summed E-state index contributed by atoms with van der Waals surface area (Å²) in [5.74, 6) is -2.25. The van der Waals surface area contributed by atoms with E-state index in [-0.39, 0.29) is 11.9 Å². The first-order chi connectivity index (χ1) is 12.3. The predicted octanol–water partition coefficient (Wildman–Crippen LogP) is 4.27. The van der Waals surface area contributed by atoms with Crippen molar-refractivity contribution in [2.75, 3.05) is 11.4 Å². The Balaban J connectivity index is 2.04. The molecule has 3 rings (SSSR count). The zero-order chi connectivity index (χ0) is 19.0.